The van der Waals surface area contributed by atoms with Gasteiger partial charge in [0.2, 0.25) is 0 Å². The zero-order chi connectivity index (χ0) is 12.7. The van der Waals surface area contributed by atoms with E-state index in [4.69, 9.17) is 0 Å². The minimum Gasteiger partial charge on any atom is -0.355 e. The molecule has 3 heteroatoms. The average Bonchev–Trinajstić information content (AvgIpc) is 2.66. The molecule has 3 rings (SSSR count). The number of aryl methyl sites for hydroxylation is 1. The van der Waals surface area contributed by atoms with Crippen LogP contribution in [0, 0.1) is 6.92 Å². The van der Waals surface area contributed by atoms with Crippen molar-refractivity contribution in [3.63, 3.8) is 0 Å². The lowest BCUT2D eigenvalue weighted by Crippen LogP contribution is -2.26. The number of rotatable bonds is 1. The maximum Gasteiger partial charge on any atom is 0.0910 e. The van der Waals surface area contributed by atoms with Crippen molar-refractivity contribution in [3.05, 3.63) is 46.5 Å². The first-order valence-electron chi connectivity index (χ1n) is 6.08. The molecule has 1 aliphatic heterocycles. The molecule has 0 amide bonds. The molecule has 1 unspecified atom stereocenters. The molecule has 1 aliphatic rings. The Morgan fingerprint density at radius 3 is 2.78 bits per heavy atom. The van der Waals surface area contributed by atoms with E-state index in [1.165, 1.54) is 26.1 Å². The highest BCUT2D eigenvalue weighted by Crippen LogP contribution is 2.40. The molecule has 0 saturated carbocycles. The first-order chi connectivity index (χ1) is 8.68. The molecule has 2 nitrogen and oxygen atoms in total. The third-order valence-electron chi connectivity index (χ3n) is 3.46. The van der Waals surface area contributed by atoms with E-state index in [0.29, 0.717) is 6.04 Å². The summed E-state index contributed by atoms with van der Waals surface area (Å²) in [6, 6.07) is 8.97. The smallest absolute Gasteiger partial charge is 0.0910 e. The lowest BCUT2D eigenvalue weighted by molar-refractivity contribution is 0.427. The van der Waals surface area contributed by atoms with E-state index in [-0.39, 0.29) is 0 Å². The zero-order valence-corrected chi connectivity index (χ0v) is 11.7. The van der Waals surface area contributed by atoms with Gasteiger partial charge in [-0.05, 0) is 30.9 Å². The van der Waals surface area contributed by atoms with Gasteiger partial charge in [0.1, 0.15) is 0 Å². The minimum atomic E-state index is 0.318. The van der Waals surface area contributed by atoms with E-state index in [1.807, 2.05) is 23.9 Å². The van der Waals surface area contributed by atoms with Crippen LogP contribution in [0.25, 0.3) is 10.1 Å². The first kappa shape index (κ1) is 11.5. The number of hydrogen-bond donors (Lipinski definition) is 0. The highest BCUT2D eigenvalue weighted by Gasteiger charge is 2.24. The number of hydrogen-bond acceptors (Lipinski definition) is 3. The lowest BCUT2D eigenvalue weighted by atomic mass is 9.96. The molecule has 1 aromatic heterocycles. The van der Waals surface area contributed by atoms with Gasteiger partial charge < -0.3 is 4.90 Å². The molecule has 0 fully saturated rings. The number of nitrogens with zero attached hydrogens (tertiary/aromatic N) is 2. The number of benzene rings is 1. The molecular weight excluding hydrogens is 240 g/mol. The second-order valence-corrected chi connectivity index (χ2v) is 6.03. The van der Waals surface area contributed by atoms with Crippen LogP contribution in [0.4, 0.5) is 0 Å². The molecule has 1 atom stereocenters. The predicted octanol–water partition coefficient (Wildman–Crippen LogP) is 4.13. The molecule has 18 heavy (non-hydrogen) atoms. The Morgan fingerprint density at radius 1 is 1.22 bits per heavy atom. The number of likely N-dealkylation sites (N-methyl/N-ethyl adjacent to an activating group) is 1. The van der Waals surface area contributed by atoms with Crippen LogP contribution in [0.1, 0.15) is 23.4 Å². The fourth-order valence-corrected chi connectivity index (χ4v) is 3.77. The second kappa shape index (κ2) is 4.25. The highest BCUT2D eigenvalue weighted by molar-refractivity contribution is 7.19. The van der Waals surface area contributed by atoms with Gasteiger partial charge in [-0.25, -0.2) is 4.99 Å². The Bertz CT molecular complexity index is 652. The van der Waals surface area contributed by atoms with Crippen molar-refractivity contribution in [2.45, 2.75) is 19.9 Å². The Morgan fingerprint density at radius 2 is 2.00 bits per heavy atom. The molecule has 0 aliphatic carbocycles. The Hall–Kier alpha value is -1.61. The third-order valence-corrected chi connectivity index (χ3v) is 4.56. The fourth-order valence-electron chi connectivity index (χ4n) is 2.67. The minimum absolute atomic E-state index is 0.318. The van der Waals surface area contributed by atoms with Crippen molar-refractivity contribution in [3.8, 4) is 0 Å². The lowest BCUT2D eigenvalue weighted by Gasteiger charge is -2.29. The number of aliphatic imine (C=N–C) groups is 1. The second-order valence-electron chi connectivity index (χ2n) is 4.77. The fraction of sp³-hybridized carbons (Fsp3) is 0.267. The van der Waals surface area contributed by atoms with E-state index in [1.54, 1.807) is 0 Å². The van der Waals surface area contributed by atoms with E-state index in [0.717, 1.165) is 0 Å². The van der Waals surface area contributed by atoms with Gasteiger partial charge >= 0.3 is 0 Å². The van der Waals surface area contributed by atoms with Crippen molar-refractivity contribution >= 4 is 27.8 Å². The zero-order valence-electron chi connectivity index (χ0n) is 10.8. The van der Waals surface area contributed by atoms with Gasteiger partial charge in [-0.1, -0.05) is 18.2 Å². The maximum absolute atomic E-state index is 4.25. The van der Waals surface area contributed by atoms with Crippen LogP contribution in [0.5, 0.6) is 0 Å². The van der Waals surface area contributed by atoms with Gasteiger partial charge in [0.15, 0.2) is 0 Å². The molecule has 0 N–H and O–H groups in total. The van der Waals surface area contributed by atoms with Gasteiger partial charge in [0.05, 0.1) is 12.4 Å². The quantitative estimate of drug-likeness (QED) is 0.749. The third kappa shape index (κ3) is 1.66. The highest BCUT2D eigenvalue weighted by atomic mass is 32.1. The molecule has 2 heterocycles. The van der Waals surface area contributed by atoms with Crippen LogP contribution >= 0.6 is 11.3 Å². The molecule has 92 valence electrons. The Labute approximate surface area is 111 Å². The average molecular weight is 256 g/mol. The van der Waals surface area contributed by atoms with Crippen LogP contribution in [0.2, 0.25) is 0 Å². The van der Waals surface area contributed by atoms with Crippen molar-refractivity contribution in [1.29, 1.82) is 0 Å². The summed E-state index contributed by atoms with van der Waals surface area (Å²) in [7, 11) is 2.09. The van der Waals surface area contributed by atoms with Crippen LogP contribution in [-0.4, -0.2) is 18.3 Å². The van der Waals surface area contributed by atoms with E-state index in [9.17, 15) is 0 Å². The van der Waals surface area contributed by atoms with E-state index in [2.05, 4.69) is 55.1 Å². The van der Waals surface area contributed by atoms with Gasteiger partial charge in [-0.15, -0.1) is 11.3 Å². The van der Waals surface area contributed by atoms with Crippen LogP contribution in [0.3, 0.4) is 0 Å². The van der Waals surface area contributed by atoms with Crippen molar-refractivity contribution in [2.75, 3.05) is 7.05 Å². The van der Waals surface area contributed by atoms with E-state index >= 15 is 0 Å². The molecular formula is C15H16N2S. The van der Waals surface area contributed by atoms with Crippen molar-refractivity contribution in [1.82, 2.24) is 4.90 Å². The SMILES string of the molecule is CC1=CN=CN(C)C1c1c(C)sc2ccccc12. The summed E-state index contributed by atoms with van der Waals surface area (Å²) < 4.78 is 1.37. The summed E-state index contributed by atoms with van der Waals surface area (Å²) in [5.74, 6) is 0. The molecule has 0 radical (unpaired) electrons. The van der Waals surface area contributed by atoms with Crippen LogP contribution in [0.15, 0.2) is 41.0 Å². The number of thiophene rings is 1. The van der Waals surface area contributed by atoms with Crippen molar-refractivity contribution < 1.29 is 0 Å². The van der Waals surface area contributed by atoms with Crippen LogP contribution in [-0.2, 0) is 0 Å². The summed E-state index contributed by atoms with van der Waals surface area (Å²) in [6.07, 6.45) is 3.88. The summed E-state index contributed by atoms with van der Waals surface area (Å²) in [6.45, 7) is 4.37. The normalized spacial score (nSPS) is 19.4. The first-order valence-corrected chi connectivity index (χ1v) is 6.90. The Kier molecular flexibility index (Phi) is 2.71. The van der Waals surface area contributed by atoms with Gasteiger partial charge in [-0.3, -0.25) is 0 Å². The van der Waals surface area contributed by atoms with Gasteiger partial charge in [-0.2, -0.15) is 0 Å². The maximum atomic E-state index is 4.25. The predicted molar refractivity (Wildman–Crippen MR) is 79.3 cm³/mol. The number of fused-ring (bicyclic) bond motifs is 1. The Balaban J connectivity index is 2.23. The summed E-state index contributed by atoms with van der Waals surface area (Å²) in [5, 5.41) is 1.37. The molecule has 1 aromatic carbocycles. The van der Waals surface area contributed by atoms with Crippen LogP contribution < -0.4 is 0 Å². The summed E-state index contributed by atoms with van der Waals surface area (Å²) in [4.78, 5) is 7.84. The molecule has 2 aromatic rings. The largest absolute Gasteiger partial charge is 0.355 e. The molecule has 0 bridgehead atoms. The molecule has 0 saturated heterocycles. The van der Waals surface area contributed by atoms with Crippen molar-refractivity contribution in [2.24, 2.45) is 4.99 Å². The standard InChI is InChI=1S/C15H16N2S/c1-10-8-16-9-17(3)15(10)14-11(2)18-13-7-5-4-6-12(13)14/h4-9,15H,1-3H3. The monoisotopic (exact) mass is 256 g/mol. The van der Waals surface area contributed by atoms with Gasteiger partial charge in [0.25, 0.3) is 0 Å². The summed E-state index contributed by atoms with van der Waals surface area (Å²) >= 11 is 1.88. The molecule has 0 spiro atoms. The summed E-state index contributed by atoms with van der Waals surface area (Å²) in [5.41, 5.74) is 2.73. The van der Waals surface area contributed by atoms with E-state index < -0.39 is 0 Å². The topological polar surface area (TPSA) is 15.6 Å². The van der Waals surface area contributed by atoms with Gasteiger partial charge in [0, 0.05) is 28.4 Å².